The number of rotatable bonds is 8. The molecule has 1 saturated heterocycles. The fraction of sp³-hybridized carbons (Fsp3) is 0.525. The van der Waals surface area contributed by atoms with E-state index in [-0.39, 0.29) is 47.1 Å². The normalized spacial score (nSPS) is 37.0. The van der Waals surface area contributed by atoms with Crippen molar-refractivity contribution in [2.24, 2.45) is 34.0 Å². The molecular formula is C40H50O4Si. The Morgan fingerprint density at radius 2 is 1.51 bits per heavy atom. The summed E-state index contributed by atoms with van der Waals surface area (Å²) in [6, 6.07) is 33.5. The molecule has 1 unspecified atom stereocenters. The number of benzene rings is 3. The molecule has 4 aliphatic rings. The van der Waals surface area contributed by atoms with E-state index in [0.717, 1.165) is 43.7 Å². The number of Topliss-reactive ketones (excluding diaryl/α,β-unsaturated/α-hetero) is 1. The summed E-state index contributed by atoms with van der Waals surface area (Å²) in [7, 11) is -2.62. The smallest absolute Gasteiger partial charge is 0.256 e. The van der Waals surface area contributed by atoms with Crippen molar-refractivity contribution in [3.8, 4) is 0 Å². The number of ether oxygens (including phenoxy) is 2. The van der Waals surface area contributed by atoms with Gasteiger partial charge in [0.05, 0.1) is 18.8 Å². The highest BCUT2D eigenvalue weighted by Crippen LogP contribution is 2.70. The maximum atomic E-state index is 14.2. The van der Waals surface area contributed by atoms with Gasteiger partial charge in [-0.15, -0.1) is 0 Å². The summed E-state index contributed by atoms with van der Waals surface area (Å²) in [4.78, 5) is 14.2. The first-order valence-electron chi connectivity index (χ1n) is 17.3. The quantitative estimate of drug-likeness (QED) is 0.148. The molecule has 3 aliphatic carbocycles. The maximum Gasteiger partial charge on any atom is 0.256 e. The Balaban J connectivity index is 1.30. The predicted octanol–water partition coefficient (Wildman–Crippen LogP) is 7.54. The molecule has 0 N–H and O–H groups in total. The minimum atomic E-state index is -2.62. The van der Waals surface area contributed by atoms with E-state index in [9.17, 15) is 4.79 Å². The van der Waals surface area contributed by atoms with Gasteiger partial charge in [0, 0.05) is 17.8 Å². The standard InChI is InChI=1S/C40H50O4Si/c1-5-38(3)25-35-39(4)31(27-45(44-35,32-17-11-7-12-18-32)33-19-13-8-14-20-33)21-23-40(24-22-34(41)36(39)40)29(2)37(38)43-28-42-26-30-15-9-6-10-16-30/h6-20,29,31,35-37H,5,21-28H2,1-4H3/t29-,31+,35-,36?,37+,38-,39+,40+/m1/s1. The molecule has 5 heteroatoms. The lowest BCUT2D eigenvalue weighted by Gasteiger charge is -2.67. The highest BCUT2D eigenvalue weighted by atomic mass is 28.4. The summed E-state index contributed by atoms with van der Waals surface area (Å²) in [5.74, 6) is 1.18. The first-order chi connectivity index (χ1) is 21.8. The molecule has 3 aromatic rings. The molecule has 3 saturated carbocycles. The van der Waals surface area contributed by atoms with Crippen LogP contribution in [0.3, 0.4) is 0 Å². The molecule has 1 aliphatic heterocycles. The minimum absolute atomic E-state index is 0.0139. The molecule has 0 amide bonds. The van der Waals surface area contributed by atoms with Gasteiger partial charge in [-0.1, -0.05) is 119 Å². The van der Waals surface area contributed by atoms with E-state index in [2.05, 4.69) is 100 Å². The lowest BCUT2D eigenvalue weighted by molar-refractivity contribution is -0.228. The molecule has 0 aromatic heterocycles. The Morgan fingerprint density at radius 3 is 2.13 bits per heavy atom. The topological polar surface area (TPSA) is 44.8 Å². The molecule has 238 valence electrons. The molecule has 0 radical (unpaired) electrons. The molecule has 7 rings (SSSR count). The second kappa shape index (κ2) is 11.9. The van der Waals surface area contributed by atoms with Crippen LogP contribution in [0.2, 0.25) is 6.04 Å². The number of ketones is 1. The molecule has 4 nitrogen and oxygen atoms in total. The number of carbonyl (C=O) groups excluding carboxylic acids is 1. The SMILES string of the molecule is CC[C@]1(C)C[C@H]2O[Si](c3ccccc3)(c3ccccc3)C[C@@H]3CC[C@]4(CCC(=O)C4[C@@]32C)[C@H](C)[C@@H]1OCOCc1ccccc1. The van der Waals surface area contributed by atoms with Gasteiger partial charge in [0.2, 0.25) is 0 Å². The Bertz CT molecular complexity index is 1440. The van der Waals surface area contributed by atoms with Gasteiger partial charge < -0.3 is 13.9 Å². The van der Waals surface area contributed by atoms with Crippen LogP contribution in [-0.2, 0) is 25.3 Å². The zero-order chi connectivity index (χ0) is 31.3. The Hall–Kier alpha value is -2.57. The minimum Gasteiger partial charge on any atom is -0.404 e. The monoisotopic (exact) mass is 622 g/mol. The lowest BCUT2D eigenvalue weighted by atomic mass is 9.43. The van der Waals surface area contributed by atoms with Gasteiger partial charge in [0.1, 0.15) is 12.6 Å². The molecular weight excluding hydrogens is 573 g/mol. The predicted molar refractivity (Wildman–Crippen MR) is 182 cm³/mol. The summed E-state index contributed by atoms with van der Waals surface area (Å²) < 4.78 is 20.9. The molecule has 2 bridgehead atoms. The van der Waals surface area contributed by atoms with Gasteiger partial charge in [-0.2, -0.15) is 0 Å². The number of hydrogen-bond acceptors (Lipinski definition) is 4. The highest BCUT2D eigenvalue weighted by Gasteiger charge is 2.71. The molecule has 4 fully saturated rings. The zero-order valence-electron chi connectivity index (χ0n) is 27.5. The summed E-state index contributed by atoms with van der Waals surface area (Å²) in [5, 5.41) is 2.70. The van der Waals surface area contributed by atoms with Crippen LogP contribution in [0.1, 0.15) is 71.8 Å². The van der Waals surface area contributed by atoms with Gasteiger partial charge in [-0.05, 0) is 76.8 Å². The van der Waals surface area contributed by atoms with Crippen molar-refractivity contribution in [3.63, 3.8) is 0 Å². The first-order valence-corrected chi connectivity index (χ1v) is 19.4. The summed E-state index contributed by atoms with van der Waals surface area (Å²) in [5.41, 5.74) is 0.771. The van der Waals surface area contributed by atoms with Crippen LogP contribution in [-0.4, -0.2) is 33.1 Å². The number of hydrogen-bond donors (Lipinski definition) is 0. The Labute approximate surface area is 271 Å². The van der Waals surface area contributed by atoms with Gasteiger partial charge in [0.15, 0.2) is 0 Å². The third-order valence-corrected chi connectivity index (χ3v) is 17.5. The van der Waals surface area contributed by atoms with Gasteiger partial charge in [-0.3, -0.25) is 4.79 Å². The van der Waals surface area contributed by atoms with Crippen LogP contribution in [0.15, 0.2) is 91.0 Å². The van der Waals surface area contributed by atoms with Crippen molar-refractivity contribution in [3.05, 3.63) is 96.6 Å². The third-order valence-electron chi connectivity index (χ3n) is 13.2. The molecule has 8 atom stereocenters. The second-order valence-corrected chi connectivity index (χ2v) is 18.6. The van der Waals surface area contributed by atoms with Gasteiger partial charge in [0.25, 0.3) is 8.32 Å². The van der Waals surface area contributed by atoms with E-state index in [1.807, 2.05) is 18.2 Å². The van der Waals surface area contributed by atoms with Gasteiger partial charge in [-0.25, -0.2) is 0 Å². The van der Waals surface area contributed by atoms with E-state index in [1.54, 1.807) is 0 Å². The highest BCUT2D eigenvalue weighted by molar-refractivity contribution is 6.97. The fourth-order valence-electron chi connectivity index (χ4n) is 10.7. The van der Waals surface area contributed by atoms with Crippen molar-refractivity contribution in [1.82, 2.24) is 0 Å². The van der Waals surface area contributed by atoms with E-state index in [0.29, 0.717) is 24.7 Å². The van der Waals surface area contributed by atoms with Crippen molar-refractivity contribution in [1.29, 1.82) is 0 Å². The van der Waals surface area contributed by atoms with Crippen LogP contribution >= 0.6 is 0 Å². The molecule has 0 spiro atoms. The van der Waals surface area contributed by atoms with E-state index < -0.39 is 8.32 Å². The van der Waals surface area contributed by atoms with Crippen LogP contribution in [0.4, 0.5) is 0 Å². The second-order valence-electron chi connectivity index (χ2n) is 15.1. The van der Waals surface area contributed by atoms with Crippen molar-refractivity contribution < 1.29 is 18.7 Å². The molecule has 45 heavy (non-hydrogen) atoms. The molecule has 3 aromatic carbocycles. The van der Waals surface area contributed by atoms with Crippen molar-refractivity contribution >= 4 is 24.5 Å². The summed E-state index contributed by atoms with van der Waals surface area (Å²) in [6.07, 6.45) is 5.72. The summed E-state index contributed by atoms with van der Waals surface area (Å²) in [6.45, 7) is 10.4. The van der Waals surface area contributed by atoms with Crippen LogP contribution in [0, 0.1) is 34.0 Å². The average Bonchev–Trinajstić information content (AvgIpc) is 3.43. The Morgan fingerprint density at radius 1 is 0.889 bits per heavy atom. The van der Waals surface area contributed by atoms with Gasteiger partial charge >= 0.3 is 0 Å². The van der Waals surface area contributed by atoms with E-state index in [4.69, 9.17) is 13.9 Å². The van der Waals surface area contributed by atoms with Crippen molar-refractivity contribution in [2.45, 2.75) is 91.1 Å². The van der Waals surface area contributed by atoms with Crippen LogP contribution in [0.5, 0.6) is 0 Å². The van der Waals surface area contributed by atoms with Crippen LogP contribution in [0.25, 0.3) is 0 Å². The van der Waals surface area contributed by atoms with Crippen molar-refractivity contribution in [2.75, 3.05) is 6.79 Å². The first kappa shape index (κ1) is 31.0. The Kier molecular flexibility index (Phi) is 8.21. The zero-order valence-corrected chi connectivity index (χ0v) is 28.5. The maximum absolute atomic E-state index is 14.2. The van der Waals surface area contributed by atoms with E-state index in [1.165, 1.54) is 10.4 Å². The number of carbonyl (C=O) groups is 1. The fourth-order valence-corrected chi connectivity index (χ4v) is 15.4. The summed E-state index contributed by atoms with van der Waals surface area (Å²) >= 11 is 0. The largest absolute Gasteiger partial charge is 0.404 e. The van der Waals surface area contributed by atoms with Crippen LogP contribution < -0.4 is 10.4 Å². The average molecular weight is 623 g/mol. The third kappa shape index (κ3) is 4.92. The molecule has 1 heterocycles. The lowest BCUT2D eigenvalue weighted by Crippen LogP contribution is -2.74. The van der Waals surface area contributed by atoms with E-state index >= 15 is 0 Å².